The van der Waals surface area contributed by atoms with Crippen LogP contribution in [0.25, 0.3) is 0 Å². The number of carbonyl (C=O) groups is 2. The summed E-state index contributed by atoms with van der Waals surface area (Å²) in [6.07, 6.45) is 0. The Balaban J connectivity index is 2.08. The van der Waals surface area contributed by atoms with Crippen molar-refractivity contribution in [1.29, 1.82) is 0 Å². The molecule has 0 aliphatic rings. The molecule has 2 aromatic carbocycles. The third kappa shape index (κ3) is 5.55. The average Bonchev–Trinajstić information content (AvgIpc) is 2.64. The van der Waals surface area contributed by atoms with Crippen LogP contribution >= 0.6 is 11.8 Å². The first kappa shape index (κ1) is 20.4. The third-order valence-corrected chi connectivity index (χ3v) is 5.00. The van der Waals surface area contributed by atoms with Gasteiger partial charge >= 0.3 is 0 Å². The predicted octanol–water partition coefficient (Wildman–Crippen LogP) is 3.30. The Bertz CT molecular complexity index is 840. The predicted molar refractivity (Wildman–Crippen MR) is 105 cm³/mol. The summed E-state index contributed by atoms with van der Waals surface area (Å²) >= 11 is 1.05. The van der Waals surface area contributed by atoms with Crippen LogP contribution < -0.4 is 11.1 Å². The van der Waals surface area contributed by atoms with Gasteiger partial charge in [-0.05, 0) is 23.6 Å². The molecule has 0 bridgehead atoms. The minimum Gasteiger partial charge on any atom is -0.366 e. The number of nitro benzene ring substituents is 1. The SMILES string of the molecule is CC(C)C(NC(=O)CSc1ccc(C(N)=O)cc1[N+](=O)[O-])c1ccccc1. The first-order valence-corrected chi connectivity index (χ1v) is 9.33. The van der Waals surface area contributed by atoms with E-state index in [1.807, 2.05) is 44.2 Å². The molecule has 0 heterocycles. The van der Waals surface area contributed by atoms with Crippen LogP contribution in [0.2, 0.25) is 0 Å². The number of nitrogens with zero attached hydrogens (tertiary/aromatic N) is 1. The van der Waals surface area contributed by atoms with Gasteiger partial charge in [-0.3, -0.25) is 19.7 Å². The zero-order valence-electron chi connectivity index (χ0n) is 15.0. The summed E-state index contributed by atoms with van der Waals surface area (Å²) in [4.78, 5) is 34.5. The number of hydrogen-bond donors (Lipinski definition) is 2. The van der Waals surface area contributed by atoms with Crippen molar-refractivity contribution < 1.29 is 14.5 Å². The van der Waals surface area contributed by atoms with E-state index < -0.39 is 10.8 Å². The van der Waals surface area contributed by atoms with Crippen LogP contribution in [0.3, 0.4) is 0 Å². The van der Waals surface area contributed by atoms with Gasteiger partial charge in [-0.1, -0.05) is 44.2 Å². The third-order valence-electron chi connectivity index (χ3n) is 3.94. The Morgan fingerprint density at radius 3 is 2.41 bits per heavy atom. The van der Waals surface area contributed by atoms with E-state index in [4.69, 9.17) is 5.73 Å². The van der Waals surface area contributed by atoms with Crippen molar-refractivity contribution in [2.24, 2.45) is 11.7 Å². The second kappa shape index (κ2) is 9.18. The van der Waals surface area contributed by atoms with Crippen LogP contribution in [-0.2, 0) is 4.79 Å². The summed E-state index contributed by atoms with van der Waals surface area (Å²) in [5, 5.41) is 14.2. The van der Waals surface area contributed by atoms with Crippen LogP contribution in [-0.4, -0.2) is 22.5 Å². The normalized spacial score (nSPS) is 11.8. The van der Waals surface area contributed by atoms with E-state index in [0.29, 0.717) is 4.90 Å². The molecule has 3 N–H and O–H groups in total. The molecule has 0 saturated carbocycles. The van der Waals surface area contributed by atoms with Crippen molar-refractivity contribution in [2.75, 3.05) is 5.75 Å². The number of primary amides is 1. The highest BCUT2D eigenvalue weighted by molar-refractivity contribution is 8.00. The quantitative estimate of drug-likeness (QED) is 0.410. The number of benzene rings is 2. The molecule has 2 aromatic rings. The van der Waals surface area contributed by atoms with Crippen LogP contribution in [0.1, 0.15) is 35.8 Å². The van der Waals surface area contributed by atoms with Gasteiger partial charge in [-0.2, -0.15) is 0 Å². The number of nitro groups is 1. The van der Waals surface area contributed by atoms with Gasteiger partial charge < -0.3 is 11.1 Å². The molecule has 0 saturated heterocycles. The van der Waals surface area contributed by atoms with Gasteiger partial charge in [0.1, 0.15) is 0 Å². The van der Waals surface area contributed by atoms with E-state index >= 15 is 0 Å². The molecule has 8 heteroatoms. The molecule has 0 radical (unpaired) electrons. The molecule has 1 atom stereocenters. The molecule has 0 aliphatic carbocycles. The van der Waals surface area contributed by atoms with E-state index in [1.54, 1.807) is 0 Å². The molecule has 2 rings (SSSR count). The number of hydrogen-bond acceptors (Lipinski definition) is 5. The fraction of sp³-hybridized carbons (Fsp3) is 0.263. The number of nitrogens with two attached hydrogens (primary N) is 1. The lowest BCUT2D eigenvalue weighted by molar-refractivity contribution is -0.387. The molecular formula is C19H21N3O4S. The van der Waals surface area contributed by atoms with Crippen molar-refractivity contribution in [2.45, 2.75) is 24.8 Å². The molecule has 1 unspecified atom stereocenters. The fourth-order valence-corrected chi connectivity index (χ4v) is 3.40. The summed E-state index contributed by atoms with van der Waals surface area (Å²) < 4.78 is 0. The number of nitrogens with one attached hydrogen (secondary N) is 1. The first-order valence-electron chi connectivity index (χ1n) is 8.35. The Kier molecular flexibility index (Phi) is 6.95. The number of rotatable bonds is 8. The highest BCUT2D eigenvalue weighted by Crippen LogP contribution is 2.30. The van der Waals surface area contributed by atoms with E-state index in [2.05, 4.69) is 5.32 Å². The summed E-state index contributed by atoms with van der Waals surface area (Å²) in [6.45, 7) is 4.02. The Labute approximate surface area is 161 Å². The van der Waals surface area contributed by atoms with Crippen LogP contribution in [0.5, 0.6) is 0 Å². The van der Waals surface area contributed by atoms with Crippen molar-refractivity contribution in [1.82, 2.24) is 5.32 Å². The minimum atomic E-state index is -0.741. The highest BCUT2D eigenvalue weighted by Gasteiger charge is 2.21. The zero-order valence-corrected chi connectivity index (χ0v) is 15.9. The summed E-state index contributed by atoms with van der Waals surface area (Å²) in [7, 11) is 0. The van der Waals surface area contributed by atoms with Gasteiger partial charge in [-0.25, -0.2) is 0 Å². The van der Waals surface area contributed by atoms with Crippen molar-refractivity contribution in [3.63, 3.8) is 0 Å². The van der Waals surface area contributed by atoms with Gasteiger partial charge in [0.05, 0.1) is 21.6 Å². The monoisotopic (exact) mass is 387 g/mol. The van der Waals surface area contributed by atoms with E-state index in [9.17, 15) is 19.7 Å². The van der Waals surface area contributed by atoms with Crippen LogP contribution in [0.4, 0.5) is 5.69 Å². The Morgan fingerprint density at radius 2 is 1.85 bits per heavy atom. The largest absolute Gasteiger partial charge is 0.366 e. The summed E-state index contributed by atoms with van der Waals surface area (Å²) in [6, 6.07) is 13.5. The second-order valence-electron chi connectivity index (χ2n) is 6.29. The Morgan fingerprint density at radius 1 is 1.19 bits per heavy atom. The molecule has 7 nitrogen and oxygen atoms in total. The van der Waals surface area contributed by atoms with Gasteiger partial charge in [0, 0.05) is 11.6 Å². The smallest absolute Gasteiger partial charge is 0.283 e. The summed E-state index contributed by atoms with van der Waals surface area (Å²) in [5.74, 6) is -0.760. The maximum atomic E-state index is 12.4. The van der Waals surface area contributed by atoms with Gasteiger partial charge in [0.15, 0.2) is 0 Å². The van der Waals surface area contributed by atoms with Crippen molar-refractivity contribution in [3.8, 4) is 0 Å². The van der Waals surface area contributed by atoms with Crippen molar-refractivity contribution >= 4 is 29.3 Å². The van der Waals surface area contributed by atoms with E-state index in [0.717, 1.165) is 23.4 Å². The molecule has 0 spiro atoms. The Hall–Kier alpha value is -2.87. The number of amides is 2. The zero-order chi connectivity index (χ0) is 20.0. The lowest BCUT2D eigenvalue weighted by Crippen LogP contribution is -2.32. The van der Waals surface area contributed by atoms with Crippen LogP contribution in [0.15, 0.2) is 53.4 Å². The van der Waals surface area contributed by atoms with Crippen molar-refractivity contribution in [3.05, 3.63) is 69.8 Å². The lowest BCUT2D eigenvalue weighted by atomic mass is 9.96. The molecule has 142 valence electrons. The molecule has 2 amide bonds. The number of thioether (sulfide) groups is 1. The first-order chi connectivity index (χ1) is 12.8. The van der Waals surface area contributed by atoms with Crippen LogP contribution in [0, 0.1) is 16.0 Å². The van der Waals surface area contributed by atoms with Gasteiger partial charge in [0.2, 0.25) is 11.8 Å². The maximum Gasteiger partial charge on any atom is 0.283 e. The number of carbonyl (C=O) groups excluding carboxylic acids is 2. The molecule has 0 fully saturated rings. The van der Waals surface area contributed by atoms with E-state index in [1.165, 1.54) is 12.1 Å². The molecule has 0 aromatic heterocycles. The summed E-state index contributed by atoms with van der Waals surface area (Å²) in [5.41, 5.74) is 5.98. The van der Waals surface area contributed by atoms with E-state index in [-0.39, 0.29) is 34.9 Å². The molecular weight excluding hydrogens is 366 g/mol. The molecule has 27 heavy (non-hydrogen) atoms. The van der Waals surface area contributed by atoms with Gasteiger partial charge in [-0.15, -0.1) is 11.8 Å². The van der Waals surface area contributed by atoms with Gasteiger partial charge in [0.25, 0.3) is 5.69 Å². The average molecular weight is 387 g/mol. The standard InChI is InChI=1S/C19H21N3O4S/c1-12(2)18(13-6-4-3-5-7-13)21-17(23)11-27-16-9-8-14(19(20)24)10-15(16)22(25)26/h3-10,12,18H,11H2,1-2H3,(H2,20,24)(H,21,23). The highest BCUT2D eigenvalue weighted by atomic mass is 32.2. The fourth-order valence-electron chi connectivity index (χ4n) is 2.59. The second-order valence-corrected chi connectivity index (χ2v) is 7.31. The lowest BCUT2D eigenvalue weighted by Gasteiger charge is -2.22. The topological polar surface area (TPSA) is 115 Å². The molecule has 0 aliphatic heterocycles. The minimum absolute atomic E-state index is 0.0206. The maximum absolute atomic E-state index is 12.4.